The molecule has 0 nitrogen and oxygen atoms in total. The van der Waals surface area contributed by atoms with Gasteiger partial charge in [0.1, 0.15) is 5.82 Å². The van der Waals surface area contributed by atoms with E-state index in [0.29, 0.717) is 10.6 Å². The van der Waals surface area contributed by atoms with Crippen molar-refractivity contribution in [1.82, 2.24) is 0 Å². The number of halogens is 2. The maximum absolute atomic E-state index is 13.1. The zero-order valence-corrected chi connectivity index (χ0v) is 8.21. The second kappa shape index (κ2) is 4.73. The van der Waals surface area contributed by atoms with Crippen molar-refractivity contribution in [2.24, 2.45) is 0 Å². The molecule has 1 aromatic carbocycles. The number of rotatable bonds is 3. The summed E-state index contributed by atoms with van der Waals surface area (Å²) in [7, 11) is 0. The van der Waals surface area contributed by atoms with Gasteiger partial charge in [-0.1, -0.05) is 17.7 Å². The fraction of sp³-hybridized carbons (Fsp3) is 0.333. The van der Waals surface area contributed by atoms with Crippen LogP contribution in [0.25, 0.3) is 0 Å². The van der Waals surface area contributed by atoms with Crippen LogP contribution >= 0.6 is 24.2 Å². The van der Waals surface area contributed by atoms with Gasteiger partial charge in [0, 0.05) is 5.02 Å². The van der Waals surface area contributed by atoms with Crippen LogP contribution in [0.4, 0.5) is 4.39 Å². The predicted molar refractivity (Wildman–Crippen MR) is 53.6 cm³/mol. The fourth-order valence-corrected chi connectivity index (χ4v) is 1.31. The van der Waals surface area contributed by atoms with Gasteiger partial charge in [-0.25, -0.2) is 4.39 Å². The van der Waals surface area contributed by atoms with Crippen LogP contribution in [-0.4, -0.2) is 5.75 Å². The van der Waals surface area contributed by atoms with Gasteiger partial charge < -0.3 is 0 Å². The van der Waals surface area contributed by atoms with Gasteiger partial charge in [0.05, 0.1) is 0 Å². The fourth-order valence-electron chi connectivity index (χ4n) is 0.994. The van der Waals surface area contributed by atoms with E-state index in [1.165, 1.54) is 6.07 Å². The third-order valence-corrected chi connectivity index (χ3v) is 2.17. The Kier molecular flexibility index (Phi) is 3.89. The highest BCUT2D eigenvalue weighted by atomic mass is 35.5. The molecule has 0 amide bonds. The Morgan fingerprint density at radius 2 is 2.17 bits per heavy atom. The lowest BCUT2D eigenvalue weighted by atomic mass is 10.1. The summed E-state index contributed by atoms with van der Waals surface area (Å²) in [5.74, 6) is 0.562. The molecule has 0 heterocycles. The normalized spacial score (nSPS) is 10.2. The van der Waals surface area contributed by atoms with Gasteiger partial charge in [0.2, 0.25) is 0 Å². The number of hydrogen-bond acceptors (Lipinski definition) is 1. The molecule has 0 unspecified atom stereocenters. The van der Waals surface area contributed by atoms with E-state index in [9.17, 15) is 4.39 Å². The van der Waals surface area contributed by atoms with Crippen molar-refractivity contribution in [2.75, 3.05) is 5.75 Å². The quantitative estimate of drug-likeness (QED) is 0.718. The number of aryl methyl sites for hydroxylation is 1. The van der Waals surface area contributed by atoms with E-state index in [0.717, 1.165) is 18.6 Å². The van der Waals surface area contributed by atoms with Crippen LogP contribution in [0.5, 0.6) is 0 Å². The van der Waals surface area contributed by atoms with Crippen molar-refractivity contribution >= 4 is 24.2 Å². The highest BCUT2D eigenvalue weighted by Gasteiger charge is 2.01. The predicted octanol–water partition coefficient (Wildman–Crippen LogP) is 3.34. The molecule has 0 aliphatic rings. The van der Waals surface area contributed by atoms with Crippen LogP contribution in [0, 0.1) is 5.82 Å². The maximum atomic E-state index is 13.1. The maximum Gasteiger partial charge on any atom is 0.127 e. The Morgan fingerprint density at radius 3 is 2.75 bits per heavy atom. The van der Waals surface area contributed by atoms with E-state index in [1.807, 2.05) is 0 Å². The Morgan fingerprint density at radius 1 is 1.42 bits per heavy atom. The van der Waals surface area contributed by atoms with Gasteiger partial charge in [-0.2, -0.15) is 12.6 Å². The van der Waals surface area contributed by atoms with Crippen molar-refractivity contribution in [3.05, 3.63) is 34.6 Å². The minimum Gasteiger partial charge on any atom is -0.207 e. The Bertz CT molecular complexity index is 263. The Balaban J connectivity index is 2.72. The van der Waals surface area contributed by atoms with Gasteiger partial charge in [-0.05, 0) is 36.3 Å². The van der Waals surface area contributed by atoms with Crippen molar-refractivity contribution in [3.8, 4) is 0 Å². The lowest BCUT2D eigenvalue weighted by Gasteiger charge is -2.01. The summed E-state index contributed by atoms with van der Waals surface area (Å²) in [6.45, 7) is 0. The molecule has 0 saturated heterocycles. The van der Waals surface area contributed by atoms with E-state index in [2.05, 4.69) is 12.6 Å². The monoisotopic (exact) mass is 204 g/mol. The summed E-state index contributed by atoms with van der Waals surface area (Å²) >= 11 is 9.65. The van der Waals surface area contributed by atoms with Crippen molar-refractivity contribution in [2.45, 2.75) is 12.8 Å². The molecule has 0 atom stereocenters. The summed E-state index contributed by atoms with van der Waals surface area (Å²) in [4.78, 5) is 0. The van der Waals surface area contributed by atoms with Gasteiger partial charge in [-0.3, -0.25) is 0 Å². The molecule has 0 fully saturated rings. The van der Waals surface area contributed by atoms with Crippen LogP contribution < -0.4 is 0 Å². The molecule has 0 aromatic heterocycles. The summed E-state index contributed by atoms with van der Waals surface area (Å²) in [5.41, 5.74) is 0.716. The molecular formula is C9H10ClFS. The first-order valence-corrected chi connectivity index (χ1v) is 4.80. The first-order chi connectivity index (χ1) is 5.74. The highest BCUT2D eigenvalue weighted by Crippen LogP contribution is 2.15. The lowest BCUT2D eigenvalue weighted by molar-refractivity contribution is 0.608. The smallest absolute Gasteiger partial charge is 0.127 e. The van der Waals surface area contributed by atoms with Crippen LogP contribution in [-0.2, 0) is 6.42 Å². The summed E-state index contributed by atoms with van der Waals surface area (Å²) < 4.78 is 13.1. The van der Waals surface area contributed by atoms with Gasteiger partial charge in [0.15, 0.2) is 0 Å². The molecule has 0 bridgehead atoms. The molecule has 0 aliphatic carbocycles. The molecule has 12 heavy (non-hydrogen) atoms. The standard InChI is InChI=1S/C9H10ClFS/c10-8-4-3-7(2-1-5-12)9(11)6-8/h3-4,6,12H,1-2,5H2. The minimum absolute atomic E-state index is 0.218. The van der Waals surface area contributed by atoms with Crippen molar-refractivity contribution < 1.29 is 4.39 Å². The van der Waals surface area contributed by atoms with Gasteiger partial charge in [-0.15, -0.1) is 0 Å². The van der Waals surface area contributed by atoms with E-state index in [1.54, 1.807) is 12.1 Å². The second-order valence-corrected chi connectivity index (χ2v) is 3.45. The molecule has 1 rings (SSSR count). The van der Waals surface area contributed by atoms with Crippen LogP contribution in [0.1, 0.15) is 12.0 Å². The molecule has 0 saturated carbocycles. The largest absolute Gasteiger partial charge is 0.207 e. The van der Waals surface area contributed by atoms with E-state index in [4.69, 9.17) is 11.6 Å². The molecule has 0 N–H and O–H groups in total. The van der Waals surface area contributed by atoms with Crippen LogP contribution in [0.15, 0.2) is 18.2 Å². The zero-order chi connectivity index (χ0) is 8.97. The van der Waals surface area contributed by atoms with Gasteiger partial charge in [0.25, 0.3) is 0 Å². The molecule has 1 aromatic rings. The van der Waals surface area contributed by atoms with E-state index < -0.39 is 0 Å². The SMILES string of the molecule is Fc1cc(Cl)ccc1CCCS. The Hall–Kier alpha value is -0.210. The number of benzene rings is 1. The number of thiol groups is 1. The molecular weight excluding hydrogens is 195 g/mol. The topological polar surface area (TPSA) is 0 Å². The minimum atomic E-state index is -0.218. The third kappa shape index (κ3) is 2.68. The summed E-state index contributed by atoms with van der Waals surface area (Å²) in [5, 5.41) is 0.446. The van der Waals surface area contributed by atoms with Gasteiger partial charge >= 0.3 is 0 Å². The lowest BCUT2D eigenvalue weighted by Crippen LogP contribution is -1.90. The molecule has 3 heteroatoms. The first-order valence-electron chi connectivity index (χ1n) is 3.79. The van der Waals surface area contributed by atoms with Crippen LogP contribution in [0.2, 0.25) is 5.02 Å². The van der Waals surface area contributed by atoms with Crippen LogP contribution in [0.3, 0.4) is 0 Å². The van der Waals surface area contributed by atoms with E-state index >= 15 is 0 Å². The molecule has 0 spiro atoms. The Labute approximate surface area is 82.2 Å². The number of hydrogen-bond donors (Lipinski definition) is 1. The van der Waals surface area contributed by atoms with E-state index in [-0.39, 0.29) is 5.82 Å². The molecule has 66 valence electrons. The van der Waals surface area contributed by atoms with Crippen molar-refractivity contribution in [1.29, 1.82) is 0 Å². The summed E-state index contributed by atoms with van der Waals surface area (Å²) in [6.07, 6.45) is 1.62. The second-order valence-electron chi connectivity index (χ2n) is 2.56. The molecule has 0 aliphatic heterocycles. The highest BCUT2D eigenvalue weighted by molar-refractivity contribution is 7.80. The average molecular weight is 205 g/mol. The summed E-state index contributed by atoms with van der Waals surface area (Å²) in [6, 6.07) is 4.77. The average Bonchev–Trinajstić information content (AvgIpc) is 2.03. The first kappa shape index (κ1) is 9.87. The third-order valence-electron chi connectivity index (χ3n) is 1.62. The zero-order valence-electron chi connectivity index (χ0n) is 6.56. The molecule has 0 radical (unpaired) electrons. The van der Waals surface area contributed by atoms with Crippen molar-refractivity contribution in [3.63, 3.8) is 0 Å².